The summed E-state index contributed by atoms with van der Waals surface area (Å²) in [5.74, 6) is 0. The predicted octanol–water partition coefficient (Wildman–Crippen LogP) is 1.48. The third-order valence-electron chi connectivity index (χ3n) is 2.98. The maximum absolute atomic E-state index is 4.16. The molecule has 60 valence electrons. The summed E-state index contributed by atoms with van der Waals surface area (Å²) in [7, 11) is 0. The molecular weight excluding hydrogens is 136 g/mol. The molecule has 1 saturated heterocycles. The van der Waals surface area contributed by atoms with Crippen molar-refractivity contribution in [2.24, 2.45) is 5.41 Å². The van der Waals surface area contributed by atoms with Gasteiger partial charge in [-0.1, -0.05) is 4.85 Å². The van der Waals surface area contributed by atoms with E-state index in [4.69, 9.17) is 0 Å². The molecule has 2 aliphatic heterocycles. The summed E-state index contributed by atoms with van der Waals surface area (Å²) in [5.41, 5.74) is 0.590. The minimum Gasteiger partial charge on any atom is -0.317 e. The molecule has 1 spiro atoms. The van der Waals surface area contributed by atoms with Gasteiger partial charge in [0, 0.05) is 6.42 Å². The van der Waals surface area contributed by atoms with Crippen molar-refractivity contribution < 1.29 is 0 Å². The third kappa shape index (κ3) is 1.39. The van der Waals surface area contributed by atoms with E-state index in [1.165, 1.54) is 32.4 Å². The van der Waals surface area contributed by atoms with Gasteiger partial charge in [-0.25, -0.2) is 0 Å². The lowest BCUT2D eigenvalue weighted by Crippen LogP contribution is -2.37. The van der Waals surface area contributed by atoms with E-state index in [1.807, 2.05) is 0 Å². The van der Waals surface area contributed by atoms with E-state index in [1.54, 1.807) is 0 Å². The monoisotopic (exact) mass is 151 g/mol. The zero-order chi connectivity index (χ0) is 7.57. The molecule has 2 heteroatoms. The van der Waals surface area contributed by atoms with Crippen LogP contribution in [0, 0.1) is 11.5 Å². The molecule has 0 atom stereocenters. The number of rotatable bonds is 0. The first-order valence-corrected chi connectivity index (χ1v) is 4.51. The quantitative estimate of drug-likeness (QED) is 0.554. The van der Waals surface area contributed by atoms with Gasteiger partial charge in [-0.2, -0.15) is 0 Å². The van der Waals surface area contributed by atoms with Crippen molar-refractivity contribution in [1.29, 1.82) is 0 Å². The molecule has 2 nitrogen and oxygen atoms in total. The summed E-state index contributed by atoms with van der Waals surface area (Å²) in [4.78, 5) is 4.16. The Morgan fingerprint density at radius 2 is 2.00 bits per heavy atom. The molecule has 0 saturated carbocycles. The SMILES string of the molecule is C1#[N+]CCC2(C1)CCNCC2. The van der Waals surface area contributed by atoms with Crippen molar-refractivity contribution in [3.05, 3.63) is 4.85 Å². The molecule has 11 heavy (non-hydrogen) atoms. The maximum atomic E-state index is 4.16. The highest BCUT2D eigenvalue weighted by atomic mass is 14.9. The third-order valence-corrected chi connectivity index (χ3v) is 2.98. The van der Waals surface area contributed by atoms with Crippen molar-refractivity contribution in [2.75, 3.05) is 19.6 Å². The van der Waals surface area contributed by atoms with Crippen LogP contribution in [0.2, 0.25) is 0 Å². The number of nitrogens with zero attached hydrogens (tertiary/aromatic N) is 1. The Kier molecular flexibility index (Phi) is 1.83. The maximum Gasteiger partial charge on any atom is 0.273 e. The van der Waals surface area contributed by atoms with E-state index < -0.39 is 0 Å². The Bertz CT molecular complexity index is 193. The smallest absolute Gasteiger partial charge is 0.273 e. The van der Waals surface area contributed by atoms with Gasteiger partial charge in [0.15, 0.2) is 0 Å². The zero-order valence-electron chi connectivity index (χ0n) is 6.90. The second kappa shape index (κ2) is 2.83. The van der Waals surface area contributed by atoms with Gasteiger partial charge in [-0.15, -0.1) is 0 Å². The fourth-order valence-corrected chi connectivity index (χ4v) is 2.07. The lowest BCUT2D eigenvalue weighted by Gasteiger charge is -2.34. The molecule has 0 aliphatic carbocycles. The van der Waals surface area contributed by atoms with Crippen LogP contribution in [0.15, 0.2) is 0 Å². The number of hydrogen-bond acceptors (Lipinski definition) is 1. The average molecular weight is 151 g/mol. The van der Waals surface area contributed by atoms with Gasteiger partial charge in [0.2, 0.25) is 0 Å². The molecular formula is C9H15N2+. The molecule has 0 unspecified atom stereocenters. The molecule has 0 radical (unpaired) electrons. The number of piperidine rings is 1. The first-order chi connectivity index (χ1) is 5.41. The molecule has 2 heterocycles. The lowest BCUT2D eigenvalue weighted by atomic mass is 9.73. The summed E-state index contributed by atoms with van der Waals surface area (Å²) in [5, 5.41) is 3.40. The van der Waals surface area contributed by atoms with Gasteiger partial charge in [-0.3, -0.25) is 0 Å². The standard InChI is InChI=1S/C9H15N2/c1-5-10-6-2-9(1)3-7-11-8-4-9/h10H,1-7H2/q+1. The van der Waals surface area contributed by atoms with Gasteiger partial charge in [-0.05, 0) is 31.3 Å². The van der Waals surface area contributed by atoms with Gasteiger partial charge in [0.05, 0.1) is 6.42 Å². The van der Waals surface area contributed by atoms with Crippen LogP contribution in [0.3, 0.4) is 0 Å². The van der Waals surface area contributed by atoms with Crippen LogP contribution in [0.5, 0.6) is 0 Å². The van der Waals surface area contributed by atoms with Crippen LogP contribution in [0.4, 0.5) is 0 Å². The van der Waals surface area contributed by atoms with Crippen LogP contribution in [-0.2, 0) is 0 Å². The summed E-state index contributed by atoms with van der Waals surface area (Å²) >= 11 is 0. The van der Waals surface area contributed by atoms with Crippen LogP contribution < -0.4 is 5.32 Å². The van der Waals surface area contributed by atoms with E-state index in [0.29, 0.717) is 5.41 Å². The molecule has 0 aromatic carbocycles. The Hall–Kier alpha value is -0.550. The fraction of sp³-hybridized carbons (Fsp3) is 0.889. The highest BCUT2D eigenvalue weighted by Gasteiger charge is 2.35. The highest BCUT2D eigenvalue weighted by molar-refractivity contribution is 5.02. The summed E-state index contributed by atoms with van der Waals surface area (Å²) in [6.45, 7) is 3.41. The van der Waals surface area contributed by atoms with Crippen LogP contribution >= 0.6 is 0 Å². The first kappa shape index (κ1) is 7.12. The number of nitrogens with one attached hydrogen (secondary N) is 1. The van der Waals surface area contributed by atoms with Crippen molar-refractivity contribution in [1.82, 2.24) is 5.32 Å². The Morgan fingerprint density at radius 3 is 2.64 bits per heavy atom. The fourth-order valence-electron chi connectivity index (χ4n) is 2.07. The molecule has 1 fully saturated rings. The average Bonchev–Trinajstić information content (AvgIpc) is 2.07. The molecule has 2 rings (SSSR count). The van der Waals surface area contributed by atoms with Crippen LogP contribution in [-0.4, -0.2) is 19.6 Å². The summed E-state index contributed by atoms with van der Waals surface area (Å²) < 4.78 is 0. The largest absolute Gasteiger partial charge is 0.317 e. The van der Waals surface area contributed by atoms with Crippen molar-refractivity contribution in [3.63, 3.8) is 0 Å². The second-order valence-electron chi connectivity index (χ2n) is 3.72. The first-order valence-electron chi connectivity index (χ1n) is 4.51. The zero-order valence-corrected chi connectivity index (χ0v) is 6.90. The van der Waals surface area contributed by atoms with E-state index in [2.05, 4.69) is 16.2 Å². The van der Waals surface area contributed by atoms with Crippen LogP contribution in [0.1, 0.15) is 25.7 Å². The lowest BCUT2D eigenvalue weighted by molar-refractivity contribution is 0.193. The molecule has 0 aromatic rings. The predicted molar refractivity (Wildman–Crippen MR) is 45.9 cm³/mol. The minimum atomic E-state index is 0.590. The molecule has 0 aromatic heterocycles. The van der Waals surface area contributed by atoms with Gasteiger partial charge in [0.25, 0.3) is 12.6 Å². The number of hydrogen-bond donors (Lipinski definition) is 1. The normalized spacial score (nSPS) is 27.6. The van der Waals surface area contributed by atoms with Gasteiger partial charge < -0.3 is 5.32 Å². The molecule has 2 aliphatic rings. The second-order valence-corrected chi connectivity index (χ2v) is 3.72. The van der Waals surface area contributed by atoms with E-state index in [9.17, 15) is 0 Å². The van der Waals surface area contributed by atoms with E-state index >= 15 is 0 Å². The summed E-state index contributed by atoms with van der Waals surface area (Å²) in [6.07, 6.45) is 5.06. The molecule has 0 bridgehead atoms. The molecule has 0 amide bonds. The Balaban J connectivity index is 2.04. The Labute approximate surface area is 67.8 Å². The van der Waals surface area contributed by atoms with Gasteiger partial charge in [0.1, 0.15) is 0 Å². The topological polar surface area (TPSA) is 16.4 Å². The summed E-state index contributed by atoms with van der Waals surface area (Å²) in [6, 6.07) is 3.14. The highest BCUT2D eigenvalue weighted by Crippen LogP contribution is 2.37. The van der Waals surface area contributed by atoms with Crippen LogP contribution in [0.25, 0.3) is 4.85 Å². The van der Waals surface area contributed by atoms with Crippen molar-refractivity contribution in [2.45, 2.75) is 25.7 Å². The minimum absolute atomic E-state index is 0.590. The van der Waals surface area contributed by atoms with E-state index in [0.717, 1.165) is 13.0 Å². The van der Waals surface area contributed by atoms with Crippen molar-refractivity contribution >= 4 is 0 Å². The molecule has 1 N–H and O–H groups in total. The van der Waals surface area contributed by atoms with Gasteiger partial charge >= 0.3 is 0 Å². The Morgan fingerprint density at radius 1 is 1.18 bits per heavy atom. The van der Waals surface area contributed by atoms with E-state index in [-0.39, 0.29) is 0 Å². The van der Waals surface area contributed by atoms with Crippen molar-refractivity contribution in [3.8, 4) is 6.07 Å².